The summed E-state index contributed by atoms with van der Waals surface area (Å²) in [6.45, 7) is 2.03. The summed E-state index contributed by atoms with van der Waals surface area (Å²) < 4.78 is 4.75. The molecule has 0 saturated carbocycles. The Morgan fingerprint density at radius 1 is 1.17 bits per heavy atom. The van der Waals surface area contributed by atoms with Gasteiger partial charge in [0.1, 0.15) is 5.39 Å². The van der Waals surface area contributed by atoms with E-state index < -0.39 is 0 Å². The third kappa shape index (κ3) is 3.27. The maximum Gasteiger partial charge on any atom is 0.266 e. The van der Waals surface area contributed by atoms with Crippen LogP contribution >= 0.6 is 0 Å². The van der Waals surface area contributed by atoms with Crippen LogP contribution in [0.2, 0.25) is 0 Å². The quantitative estimate of drug-likeness (QED) is 0.517. The van der Waals surface area contributed by atoms with Crippen LogP contribution in [0, 0.1) is 5.92 Å². The smallest absolute Gasteiger partial charge is 0.266 e. The predicted octanol–water partition coefficient (Wildman–Crippen LogP) is 0.316. The maximum absolute atomic E-state index is 12.3. The van der Waals surface area contributed by atoms with Gasteiger partial charge in [-0.15, -0.1) is 5.10 Å². The number of anilines is 1. The zero-order chi connectivity index (χ0) is 20.7. The van der Waals surface area contributed by atoms with Gasteiger partial charge in [-0.2, -0.15) is 15.2 Å². The first kappa shape index (κ1) is 18.3. The first-order valence-corrected chi connectivity index (χ1v) is 9.83. The van der Waals surface area contributed by atoms with Gasteiger partial charge in [-0.1, -0.05) is 0 Å². The van der Waals surface area contributed by atoms with Gasteiger partial charge in [-0.25, -0.2) is 9.36 Å². The number of hydrogen-bond acceptors (Lipinski definition) is 7. The van der Waals surface area contributed by atoms with Crippen molar-refractivity contribution in [1.29, 1.82) is 0 Å². The fourth-order valence-corrected chi connectivity index (χ4v) is 3.84. The molecule has 30 heavy (non-hydrogen) atoms. The van der Waals surface area contributed by atoms with E-state index in [4.69, 9.17) is 0 Å². The second-order valence-corrected chi connectivity index (χ2v) is 7.49. The molecule has 5 heterocycles. The third-order valence-electron chi connectivity index (χ3n) is 5.53. The van der Waals surface area contributed by atoms with Crippen molar-refractivity contribution in [3.05, 3.63) is 57.5 Å². The second-order valence-electron chi connectivity index (χ2n) is 7.49. The average Bonchev–Trinajstić information content (AvgIpc) is 3.41. The van der Waals surface area contributed by atoms with Crippen LogP contribution in [0.5, 0.6) is 0 Å². The fourth-order valence-electron chi connectivity index (χ4n) is 3.84. The summed E-state index contributed by atoms with van der Waals surface area (Å²) in [6, 6.07) is 5.01. The highest BCUT2D eigenvalue weighted by molar-refractivity contribution is 5.74. The van der Waals surface area contributed by atoms with Crippen LogP contribution in [-0.4, -0.2) is 52.4 Å². The van der Waals surface area contributed by atoms with Crippen LogP contribution in [-0.2, 0) is 13.6 Å². The van der Waals surface area contributed by atoms with Crippen molar-refractivity contribution in [3.8, 4) is 5.82 Å². The van der Waals surface area contributed by atoms with E-state index in [0.29, 0.717) is 35.3 Å². The largest absolute Gasteiger partial charge is 0.342 e. The number of nitrogens with zero attached hydrogens (tertiary/aromatic N) is 8. The molecule has 154 valence electrons. The summed E-state index contributed by atoms with van der Waals surface area (Å²) >= 11 is 0. The van der Waals surface area contributed by atoms with Gasteiger partial charge in [0.2, 0.25) is 5.95 Å². The van der Waals surface area contributed by atoms with Gasteiger partial charge in [0.05, 0.1) is 6.20 Å². The normalized spacial score (nSPS) is 15.2. The van der Waals surface area contributed by atoms with E-state index in [1.54, 1.807) is 34.9 Å². The van der Waals surface area contributed by atoms with Gasteiger partial charge >= 0.3 is 0 Å². The number of aromatic nitrogens is 8. The van der Waals surface area contributed by atoms with Crippen LogP contribution in [0.25, 0.3) is 16.9 Å². The molecule has 0 bridgehead atoms. The van der Waals surface area contributed by atoms with Crippen LogP contribution in [0.3, 0.4) is 0 Å². The number of rotatable bonds is 4. The topological polar surface area (TPSA) is 120 Å². The highest BCUT2D eigenvalue weighted by atomic mass is 16.1. The van der Waals surface area contributed by atoms with Gasteiger partial charge in [0.25, 0.3) is 11.1 Å². The summed E-state index contributed by atoms with van der Waals surface area (Å²) in [5.74, 6) is 1.49. The number of aromatic amines is 1. The molecule has 1 saturated heterocycles. The Kier molecular flexibility index (Phi) is 4.42. The summed E-state index contributed by atoms with van der Waals surface area (Å²) in [6.07, 6.45) is 6.73. The minimum Gasteiger partial charge on any atom is -0.342 e. The Morgan fingerprint density at radius 3 is 2.77 bits per heavy atom. The predicted molar refractivity (Wildman–Crippen MR) is 110 cm³/mol. The Hall–Kier alpha value is -3.76. The van der Waals surface area contributed by atoms with E-state index in [0.717, 1.165) is 25.9 Å². The lowest BCUT2D eigenvalue weighted by Gasteiger charge is -2.32. The number of aryl methyl sites for hydroxylation is 1. The van der Waals surface area contributed by atoms with Gasteiger partial charge in [-0.05, 0) is 30.9 Å². The number of piperidine rings is 1. The second kappa shape index (κ2) is 7.25. The van der Waals surface area contributed by atoms with Crippen molar-refractivity contribution < 1.29 is 0 Å². The van der Waals surface area contributed by atoms with Crippen molar-refractivity contribution in [2.75, 3.05) is 18.0 Å². The van der Waals surface area contributed by atoms with E-state index >= 15 is 0 Å². The highest BCUT2D eigenvalue weighted by Crippen LogP contribution is 2.22. The van der Waals surface area contributed by atoms with E-state index in [9.17, 15) is 9.59 Å². The molecule has 1 aliphatic heterocycles. The molecule has 0 unspecified atom stereocenters. The third-order valence-corrected chi connectivity index (χ3v) is 5.53. The molecule has 0 amide bonds. The van der Waals surface area contributed by atoms with Crippen LogP contribution in [0.1, 0.15) is 12.8 Å². The first-order chi connectivity index (χ1) is 14.6. The Bertz CT molecular complexity index is 1290. The van der Waals surface area contributed by atoms with E-state index in [2.05, 4.69) is 30.2 Å². The average molecular weight is 407 g/mol. The lowest BCUT2D eigenvalue weighted by molar-refractivity contribution is 0.333. The minimum absolute atomic E-state index is 0.124. The molecule has 4 aromatic rings. The van der Waals surface area contributed by atoms with Crippen molar-refractivity contribution >= 4 is 17.0 Å². The lowest BCUT2D eigenvalue weighted by atomic mass is 9.97. The zero-order valence-corrected chi connectivity index (χ0v) is 16.5. The molecule has 0 aromatic carbocycles. The van der Waals surface area contributed by atoms with Gasteiger partial charge < -0.3 is 4.90 Å². The molecule has 0 radical (unpaired) electrons. The molecular weight excluding hydrogens is 386 g/mol. The fraction of sp³-hybridized carbons (Fsp3) is 0.368. The van der Waals surface area contributed by atoms with Crippen molar-refractivity contribution in [3.63, 3.8) is 0 Å². The Morgan fingerprint density at radius 2 is 2.00 bits per heavy atom. The maximum atomic E-state index is 12.3. The molecule has 1 N–H and O–H groups in total. The molecule has 11 nitrogen and oxygen atoms in total. The number of hydrogen-bond donors (Lipinski definition) is 1. The van der Waals surface area contributed by atoms with Crippen LogP contribution in [0.15, 0.2) is 46.4 Å². The molecule has 0 atom stereocenters. The molecular formula is C19H21N9O2. The van der Waals surface area contributed by atoms with Gasteiger partial charge in [-0.3, -0.25) is 19.3 Å². The van der Waals surface area contributed by atoms with Crippen LogP contribution < -0.4 is 16.0 Å². The molecule has 1 aliphatic rings. The zero-order valence-electron chi connectivity index (χ0n) is 16.5. The molecule has 11 heteroatoms. The summed E-state index contributed by atoms with van der Waals surface area (Å²) in [5, 5.41) is 13.2. The minimum atomic E-state index is -0.184. The van der Waals surface area contributed by atoms with Crippen molar-refractivity contribution in [1.82, 2.24) is 39.3 Å². The summed E-state index contributed by atoms with van der Waals surface area (Å²) in [5.41, 5.74) is 0.263. The summed E-state index contributed by atoms with van der Waals surface area (Å²) in [7, 11) is 1.77. The summed E-state index contributed by atoms with van der Waals surface area (Å²) in [4.78, 5) is 34.1. The molecule has 1 fully saturated rings. The highest BCUT2D eigenvalue weighted by Gasteiger charge is 2.23. The van der Waals surface area contributed by atoms with E-state index in [1.165, 1.54) is 16.9 Å². The van der Waals surface area contributed by atoms with Crippen molar-refractivity contribution in [2.45, 2.75) is 19.4 Å². The standard InChI is InChI=1S/C19H21N9O2/c1-25-17-14(11-21-25)18(30)23-19(22-17)26-9-5-13(6-10-26)12-28-16(29)4-3-15(24-28)27-8-2-7-20-27/h2-4,7-8,11,13H,5-6,9-10,12H2,1H3,(H,22,23,30). The Balaban J connectivity index is 1.30. The van der Waals surface area contributed by atoms with Crippen molar-refractivity contribution in [2.24, 2.45) is 13.0 Å². The van der Waals surface area contributed by atoms with E-state index in [-0.39, 0.29) is 11.1 Å². The lowest BCUT2D eigenvalue weighted by Crippen LogP contribution is -2.38. The molecule has 0 aliphatic carbocycles. The first-order valence-electron chi connectivity index (χ1n) is 9.83. The Labute approximate surface area is 170 Å². The van der Waals surface area contributed by atoms with E-state index in [1.807, 2.05) is 6.07 Å². The molecule has 5 rings (SSSR count). The number of fused-ring (bicyclic) bond motifs is 1. The monoisotopic (exact) mass is 407 g/mol. The van der Waals surface area contributed by atoms with Gasteiger partial charge in [0.15, 0.2) is 11.5 Å². The number of nitrogens with one attached hydrogen (secondary N) is 1. The SMILES string of the molecule is Cn1ncc2c(=O)[nH]c(N3CCC(Cn4nc(-n5cccn5)ccc4=O)CC3)nc21. The van der Waals surface area contributed by atoms with Crippen LogP contribution in [0.4, 0.5) is 5.95 Å². The van der Waals surface area contributed by atoms with Gasteiger partial charge in [0, 0.05) is 45.1 Å². The molecule has 4 aromatic heterocycles. The number of H-pyrrole nitrogens is 1. The molecule has 0 spiro atoms.